The number of methoxy groups -OCH3 is 1. The maximum atomic E-state index is 14.0. The van der Waals surface area contributed by atoms with Crippen molar-refractivity contribution in [3.05, 3.63) is 59.4 Å². The molecule has 2 aromatic rings. The molecule has 0 amide bonds. The number of para-hydroxylation sites is 1. The highest BCUT2D eigenvalue weighted by Gasteiger charge is 2.13. The quantitative estimate of drug-likeness (QED) is 0.878. The van der Waals surface area contributed by atoms with E-state index < -0.39 is 11.9 Å². The van der Waals surface area contributed by atoms with Crippen LogP contribution in [0, 0.1) is 5.82 Å². The van der Waals surface area contributed by atoms with Crippen LogP contribution in [0.4, 0.5) is 4.39 Å². The Hall–Kier alpha value is -2.07. The van der Waals surface area contributed by atoms with Crippen molar-refractivity contribution < 1.29 is 19.0 Å². The molecular formula is C17H19FO3. The van der Waals surface area contributed by atoms with Gasteiger partial charge in [0, 0.05) is 11.1 Å². The van der Waals surface area contributed by atoms with Crippen LogP contribution in [-0.2, 0) is 6.61 Å². The summed E-state index contributed by atoms with van der Waals surface area (Å²) in [5.74, 6) is 0.334. The number of hydrogen-bond donors (Lipinski definition) is 1. The minimum absolute atomic E-state index is 0.0798. The van der Waals surface area contributed by atoms with Crippen LogP contribution in [0.15, 0.2) is 42.5 Å². The van der Waals surface area contributed by atoms with Crippen LogP contribution in [0.1, 0.15) is 30.6 Å². The first-order chi connectivity index (χ1) is 10.2. The van der Waals surface area contributed by atoms with Crippen molar-refractivity contribution >= 4 is 0 Å². The summed E-state index contributed by atoms with van der Waals surface area (Å²) < 4.78 is 24.7. The average Bonchev–Trinajstić information content (AvgIpc) is 2.53. The number of halogens is 1. The summed E-state index contributed by atoms with van der Waals surface area (Å²) in [5.41, 5.74) is 1.12. The van der Waals surface area contributed by atoms with Gasteiger partial charge in [0.1, 0.15) is 12.4 Å². The summed E-state index contributed by atoms with van der Waals surface area (Å²) in [6.07, 6.45) is 0.00446. The molecule has 4 heteroatoms. The summed E-state index contributed by atoms with van der Waals surface area (Å²) in [5, 5.41) is 9.97. The van der Waals surface area contributed by atoms with Crippen molar-refractivity contribution in [1.82, 2.24) is 0 Å². The Bertz CT molecular complexity index is 598. The van der Waals surface area contributed by atoms with Crippen LogP contribution in [0.2, 0.25) is 0 Å². The molecule has 1 N–H and O–H groups in total. The Balaban J connectivity index is 2.17. The largest absolute Gasteiger partial charge is 0.494 e. The zero-order valence-electron chi connectivity index (χ0n) is 12.2. The molecule has 0 radical (unpaired) electrons. The molecule has 0 aliphatic carbocycles. The van der Waals surface area contributed by atoms with Gasteiger partial charge in [-0.25, -0.2) is 4.39 Å². The molecule has 1 unspecified atom stereocenters. The van der Waals surface area contributed by atoms with Gasteiger partial charge in [-0.3, -0.25) is 0 Å². The molecule has 112 valence electrons. The highest BCUT2D eigenvalue weighted by Crippen LogP contribution is 2.28. The number of aliphatic hydroxyl groups is 1. The second-order valence-corrected chi connectivity index (χ2v) is 4.68. The van der Waals surface area contributed by atoms with Gasteiger partial charge in [-0.15, -0.1) is 0 Å². The van der Waals surface area contributed by atoms with Crippen LogP contribution in [0.25, 0.3) is 0 Å². The average molecular weight is 290 g/mol. The molecule has 2 aromatic carbocycles. The van der Waals surface area contributed by atoms with Gasteiger partial charge < -0.3 is 14.6 Å². The lowest BCUT2D eigenvalue weighted by atomic mass is 10.1. The first kappa shape index (κ1) is 15.3. The second-order valence-electron chi connectivity index (χ2n) is 4.68. The molecule has 0 aromatic heterocycles. The van der Waals surface area contributed by atoms with Crippen molar-refractivity contribution in [3.63, 3.8) is 0 Å². The van der Waals surface area contributed by atoms with E-state index in [2.05, 4.69) is 0 Å². The number of rotatable bonds is 6. The van der Waals surface area contributed by atoms with Crippen LogP contribution in [0.5, 0.6) is 11.5 Å². The van der Waals surface area contributed by atoms with E-state index in [1.54, 1.807) is 24.3 Å². The molecular weight excluding hydrogens is 271 g/mol. The van der Waals surface area contributed by atoms with Crippen molar-refractivity contribution in [2.75, 3.05) is 7.11 Å². The summed E-state index contributed by atoms with van der Waals surface area (Å²) in [6.45, 7) is 1.97. The van der Waals surface area contributed by atoms with E-state index in [0.717, 1.165) is 0 Å². The van der Waals surface area contributed by atoms with Crippen molar-refractivity contribution in [3.8, 4) is 11.5 Å². The molecule has 0 saturated heterocycles. The van der Waals surface area contributed by atoms with Gasteiger partial charge in [0.15, 0.2) is 11.6 Å². The first-order valence-corrected chi connectivity index (χ1v) is 6.88. The van der Waals surface area contributed by atoms with Crippen molar-refractivity contribution in [2.24, 2.45) is 0 Å². The Morgan fingerprint density at radius 2 is 1.81 bits per heavy atom. The van der Waals surface area contributed by atoms with Gasteiger partial charge in [0.2, 0.25) is 0 Å². The van der Waals surface area contributed by atoms with Crippen molar-refractivity contribution in [1.29, 1.82) is 0 Å². The van der Waals surface area contributed by atoms with Gasteiger partial charge in [0.25, 0.3) is 0 Å². The van der Waals surface area contributed by atoms with E-state index in [9.17, 15) is 9.50 Å². The van der Waals surface area contributed by atoms with E-state index in [1.165, 1.54) is 7.11 Å². The van der Waals surface area contributed by atoms with E-state index in [4.69, 9.17) is 9.47 Å². The number of hydrogen-bond acceptors (Lipinski definition) is 3. The van der Waals surface area contributed by atoms with Crippen LogP contribution < -0.4 is 9.47 Å². The van der Waals surface area contributed by atoms with Crippen LogP contribution in [-0.4, -0.2) is 12.2 Å². The van der Waals surface area contributed by atoms with E-state index in [1.807, 2.05) is 25.1 Å². The maximum absolute atomic E-state index is 14.0. The number of aliphatic hydroxyl groups excluding tert-OH is 1. The molecule has 2 rings (SSSR count). The van der Waals surface area contributed by atoms with Crippen LogP contribution >= 0.6 is 0 Å². The Morgan fingerprint density at radius 3 is 2.52 bits per heavy atom. The van der Waals surface area contributed by atoms with Crippen LogP contribution in [0.3, 0.4) is 0 Å². The van der Waals surface area contributed by atoms with Gasteiger partial charge >= 0.3 is 0 Å². The standard InChI is InChI=1S/C17H19FO3/c1-3-14(19)13-8-4-5-9-15(13)21-11-12-7-6-10-16(20-2)17(12)18/h4-10,14,19H,3,11H2,1-2H3. The molecule has 0 aliphatic rings. The summed E-state index contributed by atoms with van der Waals surface area (Å²) in [6, 6.07) is 12.2. The Morgan fingerprint density at radius 1 is 1.10 bits per heavy atom. The third-order valence-electron chi connectivity index (χ3n) is 3.31. The molecule has 0 saturated carbocycles. The fraction of sp³-hybridized carbons (Fsp3) is 0.294. The fourth-order valence-corrected chi connectivity index (χ4v) is 2.09. The molecule has 21 heavy (non-hydrogen) atoms. The molecule has 3 nitrogen and oxygen atoms in total. The lowest BCUT2D eigenvalue weighted by Gasteiger charge is -2.15. The van der Waals surface area contributed by atoms with Gasteiger partial charge in [-0.05, 0) is 18.6 Å². The minimum Gasteiger partial charge on any atom is -0.494 e. The smallest absolute Gasteiger partial charge is 0.171 e. The van der Waals surface area contributed by atoms with E-state index in [-0.39, 0.29) is 12.4 Å². The molecule has 0 aliphatic heterocycles. The number of benzene rings is 2. The molecule has 0 heterocycles. The SMILES string of the molecule is CCC(O)c1ccccc1OCc1cccc(OC)c1F. The zero-order valence-corrected chi connectivity index (χ0v) is 12.2. The number of ether oxygens (including phenoxy) is 2. The Kier molecular flexibility index (Phi) is 5.17. The zero-order chi connectivity index (χ0) is 15.2. The lowest BCUT2D eigenvalue weighted by Crippen LogP contribution is -2.04. The third kappa shape index (κ3) is 3.52. The highest BCUT2D eigenvalue weighted by molar-refractivity contribution is 5.36. The topological polar surface area (TPSA) is 38.7 Å². The highest BCUT2D eigenvalue weighted by atomic mass is 19.1. The first-order valence-electron chi connectivity index (χ1n) is 6.88. The Labute approximate surface area is 124 Å². The van der Waals surface area contributed by atoms with Crippen molar-refractivity contribution in [2.45, 2.75) is 26.1 Å². The summed E-state index contributed by atoms with van der Waals surface area (Å²) >= 11 is 0. The van der Waals surface area contributed by atoms with E-state index >= 15 is 0 Å². The normalized spacial score (nSPS) is 12.0. The summed E-state index contributed by atoms with van der Waals surface area (Å²) in [4.78, 5) is 0. The molecule has 0 spiro atoms. The minimum atomic E-state index is -0.587. The predicted octanol–water partition coefficient (Wildman–Crippen LogP) is 3.86. The summed E-state index contributed by atoms with van der Waals surface area (Å²) in [7, 11) is 1.43. The van der Waals surface area contributed by atoms with Gasteiger partial charge in [-0.2, -0.15) is 0 Å². The van der Waals surface area contributed by atoms with Gasteiger partial charge in [0.05, 0.1) is 13.2 Å². The second kappa shape index (κ2) is 7.09. The monoisotopic (exact) mass is 290 g/mol. The maximum Gasteiger partial charge on any atom is 0.171 e. The third-order valence-corrected chi connectivity index (χ3v) is 3.31. The molecule has 0 bridgehead atoms. The fourth-order valence-electron chi connectivity index (χ4n) is 2.09. The predicted molar refractivity (Wildman–Crippen MR) is 79.0 cm³/mol. The molecule has 1 atom stereocenters. The van der Waals surface area contributed by atoms with Gasteiger partial charge in [-0.1, -0.05) is 37.3 Å². The molecule has 0 fully saturated rings. The lowest BCUT2D eigenvalue weighted by molar-refractivity contribution is 0.166. The van der Waals surface area contributed by atoms with E-state index in [0.29, 0.717) is 23.3 Å².